The number of hydrogen-bond acceptors (Lipinski definition) is 3. The van der Waals surface area contributed by atoms with E-state index in [4.69, 9.17) is 14.9 Å². The molecule has 2 N–H and O–H groups in total. The highest BCUT2D eigenvalue weighted by Gasteiger charge is 2.31. The average molecular weight is 167 g/mol. The van der Waals surface area contributed by atoms with Crippen molar-refractivity contribution in [1.82, 2.24) is 0 Å². The summed E-state index contributed by atoms with van der Waals surface area (Å²) in [4.78, 5) is 0. The van der Waals surface area contributed by atoms with E-state index in [0.717, 1.165) is 25.2 Å². The highest BCUT2D eigenvalue weighted by molar-refractivity contribution is 5.05. The van der Waals surface area contributed by atoms with Gasteiger partial charge in [-0.25, -0.2) is 0 Å². The first-order valence-corrected chi connectivity index (χ1v) is 4.18. The Morgan fingerprint density at radius 3 is 3.08 bits per heavy atom. The van der Waals surface area contributed by atoms with E-state index < -0.39 is 0 Å². The molecule has 1 atom stereocenters. The highest BCUT2D eigenvalue weighted by atomic mass is 16.5. The summed E-state index contributed by atoms with van der Waals surface area (Å²) in [5.41, 5.74) is 5.87. The van der Waals surface area contributed by atoms with Gasteiger partial charge in [-0.1, -0.05) is 0 Å². The predicted molar refractivity (Wildman–Crippen MR) is 44.8 cm³/mol. The zero-order valence-electron chi connectivity index (χ0n) is 6.95. The van der Waals surface area contributed by atoms with Crippen molar-refractivity contribution in [1.29, 1.82) is 0 Å². The lowest BCUT2D eigenvalue weighted by molar-refractivity contribution is 0.176. The van der Waals surface area contributed by atoms with Crippen LogP contribution in [0.2, 0.25) is 0 Å². The molecule has 0 bridgehead atoms. The number of ether oxygens (including phenoxy) is 1. The largest absolute Gasteiger partial charge is 0.469 e. The minimum absolute atomic E-state index is 0.197. The second kappa shape index (κ2) is 2.92. The molecule has 3 heteroatoms. The summed E-state index contributed by atoms with van der Waals surface area (Å²) in [5, 5.41) is 0. The average Bonchev–Trinajstić information content (AvgIpc) is 2.62. The van der Waals surface area contributed by atoms with Crippen LogP contribution in [-0.2, 0) is 11.2 Å². The monoisotopic (exact) mass is 167 g/mol. The summed E-state index contributed by atoms with van der Waals surface area (Å²) in [6, 6.07) is 3.83. The molecule has 0 aliphatic carbocycles. The van der Waals surface area contributed by atoms with E-state index in [1.54, 1.807) is 6.26 Å². The Labute approximate surface area is 71.5 Å². The van der Waals surface area contributed by atoms with Gasteiger partial charge in [-0.2, -0.15) is 0 Å². The third-order valence-corrected chi connectivity index (χ3v) is 2.24. The molecule has 12 heavy (non-hydrogen) atoms. The zero-order chi connectivity index (χ0) is 8.44. The Morgan fingerprint density at radius 2 is 2.50 bits per heavy atom. The predicted octanol–water partition coefficient (Wildman–Crippen LogP) is 0.940. The smallest absolute Gasteiger partial charge is 0.105 e. The summed E-state index contributed by atoms with van der Waals surface area (Å²) < 4.78 is 10.5. The molecular weight excluding hydrogens is 154 g/mol. The lowest BCUT2D eigenvalue weighted by Crippen LogP contribution is -2.42. The Morgan fingerprint density at radius 1 is 1.58 bits per heavy atom. The molecule has 1 aromatic heterocycles. The normalized spacial score (nSPS) is 29.4. The second-order valence-corrected chi connectivity index (χ2v) is 3.42. The van der Waals surface area contributed by atoms with Gasteiger partial charge in [-0.15, -0.1) is 0 Å². The fourth-order valence-electron chi connectivity index (χ4n) is 1.52. The van der Waals surface area contributed by atoms with Crippen molar-refractivity contribution >= 4 is 0 Å². The van der Waals surface area contributed by atoms with E-state index in [1.165, 1.54) is 0 Å². The van der Waals surface area contributed by atoms with Crippen LogP contribution in [0.3, 0.4) is 0 Å². The molecule has 1 aliphatic heterocycles. The van der Waals surface area contributed by atoms with Gasteiger partial charge in [0.25, 0.3) is 0 Å². The SMILES string of the molecule is NC1(Cc2ccco2)CCOC1. The van der Waals surface area contributed by atoms with Gasteiger partial charge in [0.2, 0.25) is 0 Å². The van der Waals surface area contributed by atoms with E-state index >= 15 is 0 Å². The van der Waals surface area contributed by atoms with Crippen LogP contribution in [0.25, 0.3) is 0 Å². The van der Waals surface area contributed by atoms with Crippen molar-refractivity contribution in [2.45, 2.75) is 18.4 Å². The fraction of sp³-hybridized carbons (Fsp3) is 0.556. The molecule has 1 unspecified atom stereocenters. The Hall–Kier alpha value is -0.800. The van der Waals surface area contributed by atoms with Crippen LogP contribution in [-0.4, -0.2) is 18.8 Å². The van der Waals surface area contributed by atoms with Gasteiger partial charge in [0, 0.05) is 18.6 Å². The molecule has 1 saturated heterocycles. The third kappa shape index (κ3) is 1.52. The lowest BCUT2D eigenvalue weighted by atomic mass is 9.95. The van der Waals surface area contributed by atoms with E-state index in [2.05, 4.69) is 0 Å². The van der Waals surface area contributed by atoms with Gasteiger partial charge in [-0.3, -0.25) is 0 Å². The quantitative estimate of drug-likeness (QED) is 0.713. The standard InChI is InChI=1S/C9H13NO2/c10-9(3-5-11-7-9)6-8-2-1-4-12-8/h1-2,4H,3,5-7,10H2. The van der Waals surface area contributed by atoms with Crippen molar-refractivity contribution in [3.63, 3.8) is 0 Å². The van der Waals surface area contributed by atoms with Crippen LogP contribution in [0.5, 0.6) is 0 Å². The van der Waals surface area contributed by atoms with Gasteiger partial charge in [0.05, 0.1) is 12.9 Å². The molecule has 1 aromatic rings. The Bertz CT molecular complexity index is 237. The van der Waals surface area contributed by atoms with Crippen molar-refractivity contribution in [2.75, 3.05) is 13.2 Å². The van der Waals surface area contributed by atoms with Crippen LogP contribution in [0.1, 0.15) is 12.2 Å². The summed E-state index contributed by atoms with van der Waals surface area (Å²) in [6.07, 6.45) is 3.38. The van der Waals surface area contributed by atoms with E-state index in [-0.39, 0.29) is 5.54 Å². The topological polar surface area (TPSA) is 48.4 Å². The maximum atomic E-state index is 6.07. The van der Waals surface area contributed by atoms with Crippen LogP contribution in [0.4, 0.5) is 0 Å². The molecule has 0 amide bonds. The van der Waals surface area contributed by atoms with Gasteiger partial charge < -0.3 is 14.9 Å². The second-order valence-electron chi connectivity index (χ2n) is 3.42. The van der Waals surface area contributed by atoms with Crippen LogP contribution < -0.4 is 5.73 Å². The first-order chi connectivity index (χ1) is 5.79. The van der Waals surface area contributed by atoms with Gasteiger partial charge >= 0.3 is 0 Å². The first kappa shape index (κ1) is 7.83. The molecule has 1 fully saturated rings. The number of nitrogens with two attached hydrogens (primary N) is 1. The minimum atomic E-state index is -0.197. The molecule has 0 radical (unpaired) electrons. The van der Waals surface area contributed by atoms with Crippen LogP contribution in [0, 0.1) is 0 Å². The van der Waals surface area contributed by atoms with E-state index in [0.29, 0.717) is 6.61 Å². The molecule has 3 nitrogen and oxygen atoms in total. The van der Waals surface area contributed by atoms with Crippen molar-refractivity contribution in [3.8, 4) is 0 Å². The summed E-state index contributed by atoms with van der Waals surface area (Å²) >= 11 is 0. The van der Waals surface area contributed by atoms with Gasteiger partial charge in [-0.05, 0) is 18.6 Å². The molecule has 0 saturated carbocycles. The van der Waals surface area contributed by atoms with Gasteiger partial charge in [0.15, 0.2) is 0 Å². The molecule has 1 aliphatic rings. The van der Waals surface area contributed by atoms with Crippen LogP contribution >= 0.6 is 0 Å². The molecule has 2 heterocycles. The van der Waals surface area contributed by atoms with Gasteiger partial charge in [0.1, 0.15) is 5.76 Å². The number of rotatable bonds is 2. The Kier molecular flexibility index (Phi) is 1.90. The molecule has 66 valence electrons. The van der Waals surface area contributed by atoms with Crippen LogP contribution in [0.15, 0.2) is 22.8 Å². The first-order valence-electron chi connectivity index (χ1n) is 4.18. The fourth-order valence-corrected chi connectivity index (χ4v) is 1.52. The van der Waals surface area contributed by atoms with Crippen molar-refractivity contribution in [3.05, 3.63) is 24.2 Å². The third-order valence-electron chi connectivity index (χ3n) is 2.24. The summed E-state index contributed by atoms with van der Waals surface area (Å²) in [6.45, 7) is 1.42. The summed E-state index contributed by atoms with van der Waals surface area (Å²) in [5.74, 6) is 0.947. The zero-order valence-corrected chi connectivity index (χ0v) is 6.95. The minimum Gasteiger partial charge on any atom is -0.469 e. The highest BCUT2D eigenvalue weighted by Crippen LogP contribution is 2.20. The number of hydrogen-bond donors (Lipinski definition) is 1. The maximum Gasteiger partial charge on any atom is 0.105 e. The Balaban J connectivity index is 2.02. The number of furan rings is 1. The molecular formula is C9H13NO2. The van der Waals surface area contributed by atoms with E-state index in [9.17, 15) is 0 Å². The summed E-state index contributed by atoms with van der Waals surface area (Å²) in [7, 11) is 0. The lowest BCUT2D eigenvalue weighted by Gasteiger charge is -2.19. The maximum absolute atomic E-state index is 6.07. The van der Waals surface area contributed by atoms with E-state index in [1.807, 2.05) is 12.1 Å². The molecule has 0 aromatic carbocycles. The molecule has 0 spiro atoms. The van der Waals surface area contributed by atoms with Crippen molar-refractivity contribution in [2.24, 2.45) is 5.73 Å². The molecule has 2 rings (SSSR count). The van der Waals surface area contributed by atoms with Crippen molar-refractivity contribution < 1.29 is 9.15 Å².